The van der Waals surface area contributed by atoms with Crippen LogP contribution in [0.25, 0.3) is 0 Å². The fourth-order valence-electron chi connectivity index (χ4n) is 1.61. The van der Waals surface area contributed by atoms with Crippen LogP contribution in [0, 0.1) is 10.5 Å². The molecule has 19 heavy (non-hydrogen) atoms. The molecule has 0 atom stereocenters. The Morgan fingerprint density at radius 1 is 1.42 bits per heavy atom. The van der Waals surface area contributed by atoms with Gasteiger partial charge in [0, 0.05) is 14.3 Å². The van der Waals surface area contributed by atoms with Crippen molar-refractivity contribution >= 4 is 40.1 Å². The van der Waals surface area contributed by atoms with Gasteiger partial charge in [0.15, 0.2) is 0 Å². The highest BCUT2D eigenvalue weighted by Gasteiger charge is 2.14. The van der Waals surface area contributed by atoms with Gasteiger partial charge in [-0.05, 0) is 53.3 Å². The topological polar surface area (TPSA) is 51.2 Å². The van der Waals surface area contributed by atoms with Crippen LogP contribution in [0.2, 0.25) is 0 Å². The number of nitrogens with one attached hydrogen (secondary N) is 1. The summed E-state index contributed by atoms with van der Waals surface area (Å²) in [5.41, 5.74) is 1.49. The van der Waals surface area contributed by atoms with Gasteiger partial charge >= 0.3 is 5.97 Å². The first-order valence-corrected chi connectivity index (χ1v) is 6.51. The molecule has 0 aliphatic carbocycles. The normalized spacial score (nSPS) is 10.1. The van der Waals surface area contributed by atoms with E-state index in [9.17, 15) is 9.32 Å². The first kappa shape index (κ1) is 13.7. The highest BCUT2D eigenvalue weighted by atomic mass is 127. The second-order valence-corrected chi connectivity index (χ2v) is 5.10. The highest BCUT2D eigenvalue weighted by Crippen LogP contribution is 2.23. The quantitative estimate of drug-likeness (QED) is 0.834. The number of nitrogens with zero attached hydrogens (tertiary/aromatic N) is 1. The van der Waals surface area contributed by atoms with E-state index >= 15 is 0 Å². The summed E-state index contributed by atoms with van der Waals surface area (Å²) in [5, 5.41) is 3.00. The van der Waals surface area contributed by atoms with E-state index in [4.69, 9.17) is 0 Å². The zero-order valence-corrected chi connectivity index (χ0v) is 12.1. The number of para-hydroxylation sites is 1. The van der Waals surface area contributed by atoms with Gasteiger partial charge in [-0.2, -0.15) is 0 Å². The fraction of sp³-hybridized carbons (Fsp3) is 0.0769. The molecule has 0 saturated carbocycles. The summed E-state index contributed by atoms with van der Waals surface area (Å²) in [4.78, 5) is 18.8. The van der Waals surface area contributed by atoms with Crippen molar-refractivity contribution in [3.63, 3.8) is 0 Å². The summed E-state index contributed by atoms with van der Waals surface area (Å²) in [6.07, 6.45) is 1.70. The summed E-state index contributed by atoms with van der Waals surface area (Å²) < 4.78 is 13.0. The lowest BCUT2D eigenvalue weighted by Gasteiger charge is -2.11. The van der Waals surface area contributed by atoms with Gasteiger partial charge in [0.25, 0.3) is 0 Å². The molecule has 2 rings (SSSR count). The summed E-state index contributed by atoms with van der Waals surface area (Å²) in [6.45, 7) is 1.90. The van der Waals surface area contributed by atoms with Gasteiger partial charge in [0.2, 0.25) is 0 Å². The maximum absolute atomic E-state index is 12.0. The molecule has 2 aromatic rings. The molecule has 0 aliphatic heterocycles. The van der Waals surface area contributed by atoms with Crippen molar-refractivity contribution in [3.05, 3.63) is 51.2 Å². The van der Waals surface area contributed by atoms with E-state index in [2.05, 4.69) is 37.8 Å². The Balaban J connectivity index is 2.35. The van der Waals surface area contributed by atoms with Crippen molar-refractivity contribution in [2.75, 3.05) is 5.32 Å². The summed E-state index contributed by atoms with van der Waals surface area (Å²) in [5.74, 6) is -0.425. The van der Waals surface area contributed by atoms with Gasteiger partial charge in [0.1, 0.15) is 5.82 Å². The second-order valence-electron chi connectivity index (χ2n) is 3.85. The third-order valence-electron chi connectivity index (χ3n) is 2.52. The Hall–Kier alpha value is -1.70. The van der Waals surface area contributed by atoms with Crippen molar-refractivity contribution in [1.82, 2.24) is 4.98 Å². The van der Waals surface area contributed by atoms with E-state index in [1.165, 1.54) is 6.07 Å². The van der Waals surface area contributed by atoms with E-state index < -0.39 is 5.97 Å². The Labute approximate surface area is 123 Å². The lowest BCUT2D eigenvalue weighted by molar-refractivity contribution is -0.0787. The number of carbonyl (C=O) groups is 1. The van der Waals surface area contributed by atoms with Crippen molar-refractivity contribution in [2.45, 2.75) is 6.92 Å². The van der Waals surface area contributed by atoms with Gasteiger partial charge in [-0.1, -0.05) is 12.1 Å². The maximum Gasteiger partial charge on any atom is 0.381 e. The largest absolute Gasteiger partial charge is 0.381 e. The fourth-order valence-corrected chi connectivity index (χ4v) is 2.22. The number of aromatic nitrogens is 1. The molecule has 98 valence electrons. The van der Waals surface area contributed by atoms with Crippen LogP contribution in [0.4, 0.5) is 16.0 Å². The lowest BCUT2D eigenvalue weighted by atomic mass is 10.1. The molecule has 1 N–H and O–H groups in total. The molecule has 4 nitrogen and oxygen atoms in total. The molecule has 0 saturated heterocycles. The molecule has 0 unspecified atom stereocenters. The predicted molar refractivity (Wildman–Crippen MR) is 77.9 cm³/mol. The molecule has 0 aliphatic rings. The Bertz CT molecular complexity index is 619. The number of halogens is 2. The van der Waals surface area contributed by atoms with E-state index in [1.807, 2.05) is 13.0 Å². The first-order valence-electron chi connectivity index (χ1n) is 5.43. The molecule has 1 aromatic carbocycles. The Morgan fingerprint density at radius 2 is 2.16 bits per heavy atom. The van der Waals surface area contributed by atoms with Crippen LogP contribution in [-0.2, 0) is 4.94 Å². The lowest BCUT2D eigenvalue weighted by Crippen LogP contribution is -2.05. The van der Waals surface area contributed by atoms with E-state index in [0.717, 1.165) is 9.13 Å². The Kier molecular flexibility index (Phi) is 4.31. The van der Waals surface area contributed by atoms with Crippen LogP contribution < -0.4 is 5.32 Å². The van der Waals surface area contributed by atoms with Gasteiger partial charge in [-0.25, -0.2) is 14.7 Å². The molecule has 1 aromatic heterocycles. The van der Waals surface area contributed by atoms with Crippen molar-refractivity contribution < 1.29 is 14.3 Å². The van der Waals surface area contributed by atoms with Crippen molar-refractivity contribution in [2.24, 2.45) is 0 Å². The van der Waals surface area contributed by atoms with E-state index in [0.29, 0.717) is 11.5 Å². The van der Waals surface area contributed by atoms with Gasteiger partial charge in [0.05, 0.1) is 11.3 Å². The molecule has 6 heteroatoms. The van der Waals surface area contributed by atoms with Crippen LogP contribution in [-0.4, -0.2) is 11.0 Å². The minimum atomic E-state index is -1.04. The first-order chi connectivity index (χ1) is 9.11. The standard InChI is InChI=1S/C13H10FIN2O2/c1-8-6-9(15)7-16-12(8)17-11-5-3-2-4-10(11)13(18)19-14/h2-7H,1H3,(H,16,17). The molecule has 0 bridgehead atoms. The van der Waals surface area contributed by atoms with Crippen molar-refractivity contribution in [1.29, 1.82) is 0 Å². The predicted octanol–water partition coefficient (Wildman–Crippen LogP) is 3.78. The van der Waals surface area contributed by atoms with Crippen LogP contribution in [0.15, 0.2) is 36.5 Å². The number of anilines is 2. The SMILES string of the molecule is Cc1cc(I)cnc1Nc1ccccc1C(=O)OF. The molecule has 0 radical (unpaired) electrons. The number of aryl methyl sites for hydroxylation is 1. The zero-order valence-electron chi connectivity index (χ0n) is 9.98. The van der Waals surface area contributed by atoms with E-state index in [1.54, 1.807) is 24.4 Å². The molecular formula is C13H10FIN2O2. The molecule has 0 fully saturated rings. The maximum atomic E-state index is 12.0. The average Bonchev–Trinajstić information content (AvgIpc) is 2.41. The van der Waals surface area contributed by atoms with Crippen LogP contribution in [0.1, 0.15) is 15.9 Å². The minimum absolute atomic E-state index is 0.116. The zero-order chi connectivity index (χ0) is 13.8. The third-order valence-corrected chi connectivity index (χ3v) is 3.10. The number of pyridine rings is 1. The monoisotopic (exact) mass is 372 g/mol. The molecule has 0 amide bonds. The molecule has 1 heterocycles. The minimum Gasteiger partial charge on any atom is -0.339 e. The number of hydrogen-bond donors (Lipinski definition) is 1. The molecular weight excluding hydrogens is 362 g/mol. The van der Waals surface area contributed by atoms with Gasteiger partial charge in [-0.3, -0.25) is 0 Å². The summed E-state index contributed by atoms with van der Waals surface area (Å²) >= 11 is 2.16. The smallest absolute Gasteiger partial charge is 0.339 e. The number of carbonyl (C=O) groups excluding carboxylic acids is 1. The number of hydrogen-bond acceptors (Lipinski definition) is 4. The van der Waals surface area contributed by atoms with Gasteiger partial charge in [-0.15, -0.1) is 0 Å². The second kappa shape index (κ2) is 5.96. The highest BCUT2D eigenvalue weighted by molar-refractivity contribution is 14.1. The number of benzene rings is 1. The average molecular weight is 372 g/mol. The van der Waals surface area contributed by atoms with E-state index in [-0.39, 0.29) is 5.56 Å². The van der Waals surface area contributed by atoms with Crippen LogP contribution >= 0.6 is 22.6 Å². The van der Waals surface area contributed by atoms with Crippen molar-refractivity contribution in [3.8, 4) is 0 Å². The summed E-state index contributed by atoms with van der Waals surface area (Å²) in [7, 11) is 0. The summed E-state index contributed by atoms with van der Waals surface area (Å²) in [6, 6.07) is 8.45. The van der Waals surface area contributed by atoms with Crippen LogP contribution in [0.3, 0.4) is 0 Å². The van der Waals surface area contributed by atoms with Crippen LogP contribution in [0.5, 0.6) is 0 Å². The Morgan fingerprint density at radius 3 is 2.84 bits per heavy atom. The molecule has 0 spiro atoms. The number of rotatable bonds is 3. The van der Waals surface area contributed by atoms with Gasteiger partial charge < -0.3 is 5.32 Å². The third kappa shape index (κ3) is 3.19.